The number of halogens is 1. The summed E-state index contributed by atoms with van der Waals surface area (Å²) in [6.07, 6.45) is 13.0. The maximum Gasteiger partial charge on any atom is 0.127 e. The number of nitrogens with two attached hydrogens (primary N) is 1. The summed E-state index contributed by atoms with van der Waals surface area (Å²) in [7, 11) is 0. The second-order valence-corrected chi connectivity index (χ2v) is 5.12. The molecule has 2 heteroatoms. The Balaban J connectivity index is 0.00000211. The second-order valence-electron chi connectivity index (χ2n) is 5.12. The van der Waals surface area contributed by atoms with Gasteiger partial charge in [0.1, 0.15) is 5.83 Å². The zero-order valence-electron chi connectivity index (χ0n) is 14.4. The Kier molecular flexibility index (Phi) is 9.93. The highest BCUT2D eigenvalue weighted by Crippen LogP contribution is 2.33. The van der Waals surface area contributed by atoms with Gasteiger partial charge in [0.05, 0.1) is 0 Å². The molecule has 0 spiro atoms. The Morgan fingerprint density at radius 3 is 2.55 bits per heavy atom. The SMILES string of the molecule is C=C(/C=C\C=CCC)C1=CCC(C(C)C(=C)N)C=C1F.CC. The van der Waals surface area contributed by atoms with E-state index in [1.54, 1.807) is 6.08 Å². The first kappa shape index (κ1) is 20.2. The number of rotatable bonds is 6. The molecule has 1 nitrogen and oxygen atoms in total. The van der Waals surface area contributed by atoms with Gasteiger partial charge >= 0.3 is 0 Å². The van der Waals surface area contributed by atoms with Crippen molar-refractivity contribution in [2.24, 2.45) is 17.6 Å². The molecule has 1 rings (SSSR count). The van der Waals surface area contributed by atoms with Crippen molar-refractivity contribution in [2.45, 2.75) is 40.5 Å². The van der Waals surface area contributed by atoms with Crippen molar-refractivity contribution in [2.75, 3.05) is 0 Å². The lowest BCUT2D eigenvalue weighted by atomic mass is 9.83. The van der Waals surface area contributed by atoms with Gasteiger partial charge in [-0.25, -0.2) is 4.39 Å². The van der Waals surface area contributed by atoms with Gasteiger partial charge in [-0.2, -0.15) is 0 Å². The molecule has 2 unspecified atom stereocenters. The van der Waals surface area contributed by atoms with E-state index in [9.17, 15) is 4.39 Å². The average molecular weight is 303 g/mol. The van der Waals surface area contributed by atoms with Crippen LogP contribution in [0.4, 0.5) is 4.39 Å². The number of allylic oxidation sites excluding steroid dienone is 10. The van der Waals surface area contributed by atoms with Gasteiger partial charge in [0.15, 0.2) is 0 Å². The molecule has 0 saturated carbocycles. The van der Waals surface area contributed by atoms with Crippen LogP contribution in [0.15, 0.2) is 72.3 Å². The van der Waals surface area contributed by atoms with E-state index >= 15 is 0 Å². The Bertz CT molecular complexity index is 492. The Hall–Kier alpha value is -1.83. The lowest BCUT2D eigenvalue weighted by molar-refractivity contribution is 0.467. The van der Waals surface area contributed by atoms with Crippen LogP contribution in [0.2, 0.25) is 0 Å². The lowest BCUT2D eigenvalue weighted by Gasteiger charge is -2.24. The van der Waals surface area contributed by atoms with E-state index in [0.717, 1.165) is 12.8 Å². The van der Waals surface area contributed by atoms with Crippen LogP contribution < -0.4 is 5.73 Å². The van der Waals surface area contributed by atoms with E-state index in [1.165, 1.54) is 0 Å². The van der Waals surface area contributed by atoms with Crippen molar-refractivity contribution >= 4 is 0 Å². The molecule has 1 aliphatic rings. The van der Waals surface area contributed by atoms with E-state index in [2.05, 4.69) is 20.1 Å². The first-order chi connectivity index (χ1) is 10.5. The quantitative estimate of drug-likeness (QED) is 0.598. The third-order valence-electron chi connectivity index (χ3n) is 3.57. The molecular formula is C20H30FN. The van der Waals surface area contributed by atoms with Crippen molar-refractivity contribution in [3.8, 4) is 0 Å². The summed E-state index contributed by atoms with van der Waals surface area (Å²) in [5.74, 6) is -0.0636. The molecular weight excluding hydrogens is 273 g/mol. The fourth-order valence-corrected chi connectivity index (χ4v) is 2.08. The van der Waals surface area contributed by atoms with Gasteiger partial charge in [0, 0.05) is 17.2 Å². The van der Waals surface area contributed by atoms with E-state index in [0.29, 0.717) is 16.8 Å². The van der Waals surface area contributed by atoms with Gasteiger partial charge in [-0.05, 0) is 30.4 Å². The standard InChI is InChI=1S/C18H24FN.C2H6/c1-5-6-7-8-9-13(2)17-11-10-16(12-18(17)19)14(3)15(4)20;1-2/h6-9,11-12,14,16H,2,4-5,10,20H2,1,3H3;1-2H3/b7-6?,9-8-;. The monoisotopic (exact) mass is 303 g/mol. The number of hydrogen-bond acceptors (Lipinski definition) is 1. The molecule has 22 heavy (non-hydrogen) atoms. The Labute approximate surface area is 135 Å². The fourth-order valence-electron chi connectivity index (χ4n) is 2.08. The molecule has 0 bridgehead atoms. The zero-order valence-corrected chi connectivity index (χ0v) is 14.4. The average Bonchev–Trinajstić information content (AvgIpc) is 2.52. The molecule has 0 radical (unpaired) electrons. The molecule has 0 fully saturated rings. The normalized spacial score (nSPS) is 19.2. The van der Waals surface area contributed by atoms with E-state index in [4.69, 9.17) is 5.73 Å². The van der Waals surface area contributed by atoms with Gasteiger partial charge in [0.25, 0.3) is 0 Å². The van der Waals surface area contributed by atoms with Crippen LogP contribution in [0.25, 0.3) is 0 Å². The number of hydrogen-bond donors (Lipinski definition) is 1. The zero-order chi connectivity index (χ0) is 17.1. The molecule has 122 valence electrons. The molecule has 1 aliphatic carbocycles. The van der Waals surface area contributed by atoms with Crippen LogP contribution in [0.5, 0.6) is 0 Å². The summed E-state index contributed by atoms with van der Waals surface area (Å²) >= 11 is 0. The predicted octanol–water partition coefficient (Wildman–Crippen LogP) is 6.00. The third kappa shape index (κ3) is 6.30. The minimum atomic E-state index is -0.219. The first-order valence-electron chi connectivity index (χ1n) is 8.02. The summed E-state index contributed by atoms with van der Waals surface area (Å²) in [6, 6.07) is 0. The van der Waals surface area contributed by atoms with Crippen LogP contribution >= 0.6 is 0 Å². The van der Waals surface area contributed by atoms with E-state index < -0.39 is 0 Å². The highest BCUT2D eigenvalue weighted by Gasteiger charge is 2.22. The molecule has 0 amide bonds. The van der Waals surface area contributed by atoms with Crippen LogP contribution in [-0.4, -0.2) is 0 Å². The minimum absolute atomic E-state index is 0.0769. The fraction of sp³-hybridized carbons (Fsp3) is 0.400. The summed E-state index contributed by atoms with van der Waals surface area (Å²) in [5, 5.41) is 0. The molecule has 0 aromatic rings. The van der Waals surface area contributed by atoms with Crippen molar-refractivity contribution in [3.63, 3.8) is 0 Å². The lowest BCUT2D eigenvalue weighted by Crippen LogP contribution is -2.18. The third-order valence-corrected chi connectivity index (χ3v) is 3.57. The topological polar surface area (TPSA) is 26.0 Å². The van der Waals surface area contributed by atoms with Crippen molar-refractivity contribution < 1.29 is 4.39 Å². The summed E-state index contributed by atoms with van der Waals surface area (Å²) < 4.78 is 14.2. The van der Waals surface area contributed by atoms with Gasteiger partial charge in [-0.3, -0.25) is 0 Å². The minimum Gasteiger partial charge on any atom is -0.402 e. The Morgan fingerprint density at radius 2 is 2.05 bits per heavy atom. The molecule has 0 saturated heterocycles. The molecule has 2 atom stereocenters. The van der Waals surface area contributed by atoms with Gasteiger partial charge in [-0.15, -0.1) is 0 Å². The highest BCUT2D eigenvalue weighted by molar-refractivity contribution is 5.50. The van der Waals surface area contributed by atoms with Crippen molar-refractivity contribution in [1.82, 2.24) is 0 Å². The van der Waals surface area contributed by atoms with Gasteiger partial charge in [-0.1, -0.05) is 71.2 Å². The maximum absolute atomic E-state index is 14.2. The van der Waals surface area contributed by atoms with E-state index in [-0.39, 0.29) is 17.7 Å². The molecule has 0 aromatic carbocycles. The summed E-state index contributed by atoms with van der Waals surface area (Å²) in [4.78, 5) is 0. The summed E-state index contributed by atoms with van der Waals surface area (Å²) in [5.41, 5.74) is 7.57. The molecule has 0 aromatic heterocycles. The van der Waals surface area contributed by atoms with E-state index in [1.807, 2.05) is 51.2 Å². The molecule has 2 N–H and O–H groups in total. The highest BCUT2D eigenvalue weighted by atomic mass is 19.1. The first-order valence-corrected chi connectivity index (χ1v) is 8.02. The van der Waals surface area contributed by atoms with Gasteiger partial charge < -0.3 is 5.73 Å². The van der Waals surface area contributed by atoms with Gasteiger partial charge in [0.2, 0.25) is 0 Å². The van der Waals surface area contributed by atoms with Crippen LogP contribution in [0, 0.1) is 11.8 Å². The predicted molar refractivity (Wildman–Crippen MR) is 96.9 cm³/mol. The van der Waals surface area contributed by atoms with Crippen LogP contribution in [0.1, 0.15) is 40.5 Å². The molecule has 0 aliphatic heterocycles. The second kappa shape index (κ2) is 10.8. The van der Waals surface area contributed by atoms with Crippen LogP contribution in [-0.2, 0) is 0 Å². The van der Waals surface area contributed by atoms with Crippen molar-refractivity contribution in [1.29, 1.82) is 0 Å². The van der Waals surface area contributed by atoms with Crippen molar-refractivity contribution in [3.05, 3.63) is 72.3 Å². The molecule has 0 heterocycles. The smallest absolute Gasteiger partial charge is 0.127 e. The maximum atomic E-state index is 14.2. The Morgan fingerprint density at radius 1 is 1.41 bits per heavy atom. The van der Waals surface area contributed by atoms with Crippen LogP contribution in [0.3, 0.4) is 0 Å². The summed E-state index contributed by atoms with van der Waals surface area (Å²) in [6.45, 7) is 15.7. The largest absolute Gasteiger partial charge is 0.402 e.